The molecule has 3 aromatic rings. The Morgan fingerprint density at radius 1 is 1.17 bits per heavy atom. The van der Waals surface area contributed by atoms with E-state index in [4.69, 9.17) is 0 Å². The third-order valence-corrected chi connectivity index (χ3v) is 6.15. The van der Waals surface area contributed by atoms with Crippen LogP contribution in [-0.2, 0) is 21.6 Å². The maximum atomic E-state index is 10.5. The summed E-state index contributed by atoms with van der Waals surface area (Å²) >= 11 is 1.60. The number of aryl methyl sites for hydroxylation is 2. The first kappa shape index (κ1) is 22.3. The van der Waals surface area contributed by atoms with E-state index in [2.05, 4.69) is 44.4 Å². The summed E-state index contributed by atoms with van der Waals surface area (Å²) in [5.74, 6) is 0. The quantitative estimate of drug-likeness (QED) is 0.161. The summed E-state index contributed by atoms with van der Waals surface area (Å²) in [5, 5.41) is 9.59. The van der Waals surface area contributed by atoms with Crippen molar-refractivity contribution in [3.63, 3.8) is 0 Å². The topological polar surface area (TPSA) is 98.3 Å². The molecule has 0 aliphatic rings. The van der Waals surface area contributed by atoms with E-state index < -0.39 is 10.4 Å². The van der Waals surface area contributed by atoms with Crippen LogP contribution >= 0.6 is 11.3 Å². The van der Waals surface area contributed by atoms with E-state index in [0.29, 0.717) is 13.0 Å². The monoisotopic (exact) mass is 448 g/mol. The summed E-state index contributed by atoms with van der Waals surface area (Å²) < 4.78 is 38.9. The first-order chi connectivity index (χ1) is 14.3. The molecule has 0 atom stereocenters. The van der Waals surface area contributed by atoms with E-state index in [9.17, 15) is 13.0 Å². The summed E-state index contributed by atoms with van der Waals surface area (Å²) in [6.07, 6.45) is 0.429. The molecule has 0 N–H and O–H groups in total. The van der Waals surface area contributed by atoms with Gasteiger partial charge < -0.3 is 9.45 Å². The molecule has 0 bridgehead atoms. The minimum atomic E-state index is -4.63. The molecule has 2 aromatic carbocycles. The van der Waals surface area contributed by atoms with Gasteiger partial charge in [-0.1, -0.05) is 6.07 Å². The normalized spacial score (nSPS) is 12.1. The maximum Gasteiger partial charge on any atom is 0.409 e. The van der Waals surface area contributed by atoms with Gasteiger partial charge in [0.15, 0.2) is 0 Å². The molecule has 3 rings (SSSR count). The van der Waals surface area contributed by atoms with Gasteiger partial charge in [0.2, 0.25) is 10.4 Å². The van der Waals surface area contributed by atoms with Crippen LogP contribution in [0, 0.1) is 6.92 Å². The molecule has 0 spiro atoms. The van der Waals surface area contributed by atoms with E-state index in [-0.39, 0.29) is 6.61 Å². The lowest BCUT2D eigenvalue weighted by Gasteiger charge is -2.23. The summed E-state index contributed by atoms with van der Waals surface area (Å²) in [6.45, 7) is 5.26. The first-order valence-electron chi connectivity index (χ1n) is 9.53. The molecule has 0 amide bonds. The molecule has 0 saturated heterocycles. The number of hydrogen-bond donors (Lipinski definition) is 0. The third kappa shape index (κ3) is 5.82. The van der Waals surface area contributed by atoms with Crippen LogP contribution in [0.25, 0.3) is 10.2 Å². The predicted octanol–water partition coefficient (Wildman–Crippen LogP) is 4.14. The number of nitrogens with zero attached hydrogens (tertiary/aromatic N) is 4. The molecule has 160 valence electrons. The van der Waals surface area contributed by atoms with Gasteiger partial charge in [-0.2, -0.15) is 0 Å². The average Bonchev–Trinajstić information content (AvgIpc) is 3.01. The lowest BCUT2D eigenvalue weighted by molar-refractivity contribution is -0.627. The zero-order valence-electron chi connectivity index (χ0n) is 17.1. The highest BCUT2D eigenvalue weighted by Gasteiger charge is 2.16. The Hall–Kier alpha value is -2.40. The van der Waals surface area contributed by atoms with E-state index in [1.54, 1.807) is 11.3 Å². The van der Waals surface area contributed by atoms with Gasteiger partial charge in [0.05, 0.1) is 23.5 Å². The average molecular weight is 449 g/mol. The van der Waals surface area contributed by atoms with Crippen LogP contribution in [0.4, 0.5) is 16.5 Å². The van der Waals surface area contributed by atoms with Gasteiger partial charge in [0.1, 0.15) is 11.2 Å². The molecule has 30 heavy (non-hydrogen) atoms. The van der Waals surface area contributed by atoms with Crippen LogP contribution in [0.5, 0.6) is 0 Å². The lowest BCUT2D eigenvalue weighted by atomic mass is 10.2. The van der Waals surface area contributed by atoms with Crippen LogP contribution in [0.3, 0.4) is 0 Å². The molecule has 0 saturated carbocycles. The highest BCUT2D eigenvalue weighted by atomic mass is 32.3. The van der Waals surface area contributed by atoms with Crippen LogP contribution in [0.2, 0.25) is 0 Å². The Kier molecular flexibility index (Phi) is 7.14. The SMILES string of the molecule is CCN(CCCOS(=O)(=O)[O-])c1ccc(N=Nc2sc3cc(C)ccc3[n+]2C)cc1. The fourth-order valence-electron chi connectivity index (χ4n) is 3.05. The van der Waals surface area contributed by atoms with Crippen LogP contribution in [0.1, 0.15) is 18.9 Å². The van der Waals surface area contributed by atoms with Gasteiger partial charge in [-0.25, -0.2) is 13.0 Å². The van der Waals surface area contributed by atoms with E-state index >= 15 is 0 Å². The molecule has 1 aromatic heterocycles. The zero-order valence-corrected chi connectivity index (χ0v) is 18.7. The van der Waals surface area contributed by atoms with Gasteiger partial charge in [0, 0.05) is 18.8 Å². The zero-order chi connectivity index (χ0) is 21.7. The molecule has 0 fully saturated rings. The van der Waals surface area contributed by atoms with E-state index in [0.717, 1.165) is 28.6 Å². The predicted molar refractivity (Wildman–Crippen MR) is 117 cm³/mol. The number of aromatic nitrogens is 1. The second kappa shape index (κ2) is 9.61. The van der Waals surface area contributed by atoms with Crippen molar-refractivity contribution < 1.29 is 21.7 Å². The largest absolute Gasteiger partial charge is 0.726 e. The number of azo groups is 1. The molecule has 8 nitrogen and oxygen atoms in total. The van der Waals surface area contributed by atoms with Gasteiger partial charge >= 0.3 is 5.13 Å². The van der Waals surface area contributed by atoms with Crippen LogP contribution in [-0.4, -0.2) is 32.7 Å². The second-order valence-corrected chi connectivity index (χ2v) is 8.86. The third-order valence-electron chi connectivity index (χ3n) is 4.61. The van der Waals surface area contributed by atoms with Crippen molar-refractivity contribution in [2.24, 2.45) is 17.3 Å². The summed E-state index contributed by atoms with van der Waals surface area (Å²) in [6, 6.07) is 14.0. The number of anilines is 1. The Morgan fingerprint density at radius 2 is 1.90 bits per heavy atom. The molecule has 0 radical (unpaired) electrons. The lowest BCUT2D eigenvalue weighted by Crippen LogP contribution is -2.25. The molecule has 1 heterocycles. The molecular formula is C20H24N4O4S2. The minimum absolute atomic E-state index is 0.125. The number of rotatable bonds is 9. The number of thiazole rings is 1. The Balaban J connectivity index is 1.65. The van der Waals surface area contributed by atoms with Gasteiger partial charge in [-0.15, -0.1) is 0 Å². The number of fused-ring (bicyclic) bond motifs is 1. The Bertz CT molecular complexity index is 1140. The van der Waals surface area contributed by atoms with Crippen molar-refractivity contribution in [1.29, 1.82) is 0 Å². The highest BCUT2D eigenvalue weighted by molar-refractivity contribution is 7.80. The van der Waals surface area contributed by atoms with E-state index in [1.165, 1.54) is 10.3 Å². The Labute approximate surface area is 180 Å². The standard InChI is InChI=1S/C20H24N4O4S2/c1-4-24(12-5-13-28-30(25,26)27)17-9-7-16(8-10-17)21-22-20-23(3)18-11-6-15(2)14-19(18)29-20/h6-11,14H,4-5,12-13H2,1-3H3. The molecule has 0 unspecified atom stereocenters. The number of hydrogen-bond acceptors (Lipinski definition) is 8. The summed E-state index contributed by atoms with van der Waals surface area (Å²) in [7, 11) is -2.66. The van der Waals surface area contributed by atoms with Crippen molar-refractivity contribution in [3.8, 4) is 0 Å². The fraction of sp³-hybridized carbons (Fsp3) is 0.350. The fourth-order valence-corrected chi connectivity index (χ4v) is 4.44. The second-order valence-electron chi connectivity index (χ2n) is 6.79. The van der Waals surface area contributed by atoms with Crippen LogP contribution < -0.4 is 9.47 Å². The maximum absolute atomic E-state index is 10.5. The van der Waals surface area contributed by atoms with Crippen molar-refractivity contribution in [2.45, 2.75) is 20.3 Å². The van der Waals surface area contributed by atoms with Gasteiger partial charge in [-0.3, -0.25) is 4.18 Å². The summed E-state index contributed by atoms with van der Waals surface area (Å²) in [4.78, 5) is 2.07. The van der Waals surface area contributed by atoms with Crippen molar-refractivity contribution >= 4 is 48.5 Å². The summed E-state index contributed by atoms with van der Waals surface area (Å²) in [5.41, 5.74) is 4.06. The van der Waals surface area contributed by atoms with Gasteiger partial charge in [0.25, 0.3) is 0 Å². The highest BCUT2D eigenvalue weighted by Crippen LogP contribution is 2.28. The smallest absolute Gasteiger partial charge is 0.409 e. The van der Waals surface area contributed by atoms with Crippen molar-refractivity contribution in [3.05, 3.63) is 48.0 Å². The molecule has 0 aliphatic carbocycles. The number of benzene rings is 2. The Morgan fingerprint density at radius 3 is 2.57 bits per heavy atom. The minimum Gasteiger partial charge on any atom is -0.726 e. The molecular weight excluding hydrogens is 424 g/mol. The van der Waals surface area contributed by atoms with Crippen LogP contribution in [0.15, 0.2) is 52.7 Å². The molecule has 10 heteroatoms. The van der Waals surface area contributed by atoms with Gasteiger partial charge in [-0.05, 0) is 78.7 Å². The van der Waals surface area contributed by atoms with Crippen molar-refractivity contribution in [2.75, 3.05) is 24.6 Å². The van der Waals surface area contributed by atoms with E-state index in [1.807, 2.05) is 42.8 Å². The first-order valence-corrected chi connectivity index (χ1v) is 11.7. The molecule has 0 aliphatic heterocycles. The van der Waals surface area contributed by atoms with Crippen molar-refractivity contribution in [1.82, 2.24) is 0 Å².